The van der Waals surface area contributed by atoms with Crippen molar-refractivity contribution in [2.24, 2.45) is 0 Å². The molecule has 0 saturated carbocycles. The number of nitrogens with one attached hydrogen (secondary N) is 1. The third-order valence-corrected chi connectivity index (χ3v) is 3.18. The molecule has 0 radical (unpaired) electrons. The SMILES string of the molecule is CC(=O)Cc1cc(C)ccc1Nc1c(C)cccc1F. The molecule has 0 aliphatic heterocycles. The molecule has 2 aromatic carbocycles. The summed E-state index contributed by atoms with van der Waals surface area (Å²) in [5.41, 5.74) is 4.04. The number of hydrogen-bond donors (Lipinski definition) is 1. The predicted molar refractivity (Wildman–Crippen MR) is 80.0 cm³/mol. The molecule has 2 aromatic rings. The van der Waals surface area contributed by atoms with Crippen molar-refractivity contribution in [1.29, 1.82) is 0 Å². The highest BCUT2D eigenvalue weighted by Crippen LogP contribution is 2.27. The van der Waals surface area contributed by atoms with Crippen molar-refractivity contribution in [2.45, 2.75) is 27.2 Å². The summed E-state index contributed by atoms with van der Waals surface area (Å²) in [5.74, 6) is -0.205. The number of rotatable bonds is 4. The fraction of sp³-hybridized carbons (Fsp3) is 0.235. The topological polar surface area (TPSA) is 29.1 Å². The van der Waals surface area contributed by atoms with Crippen molar-refractivity contribution in [1.82, 2.24) is 0 Å². The third-order valence-electron chi connectivity index (χ3n) is 3.18. The molecule has 0 aliphatic carbocycles. The molecule has 0 fully saturated rings. The number of benzene rings is 2. The average molecular weight is 271 g/mol. The van der Waals surface area contributed by atoms with Gasteiger partial charge in [-0.3, -0.25) is 4.79 Å². The Morgan fingerprint density at radius 1 is 1.20 bits per heavy atom. The molecule has 0 unspecified atom stereocenters. The second-order valence-electron chi connectivity index (χ2n) is 5.10. The van der Waals surface area contributed by atoms with Crippen molar-refractivity contribution < 1.29 is 9.18 Å². The Labute approximate surface area is 118 Å². The van der Waals surface area contributed by atoms with Crippen LogP contribution >= 0.6 is 0 Å². The van der Waals surface area contributed by atoms with E-state index in [1.165, 1.54) is 6.07 Å². The van der Waals surface area contributed by atoms with E-state index in [2.05, 4.69) is 5.32 Å². The smallest absolute Gasteiger partial charge is 0.146 e. The van der Waals surface area contributed by atoms with E-state index in [4.69, 9.17) is 0 Å². The number of anilines is 2. The number of aryl methyl sites for hydroxylation is 2. The zero-order valence-electron chi connectivity index (χ0n) is 12.0. The van der Waals surface area contributed by atoms with Crippen LogP contribution in [0.3, 0.4) is 0 Å². The van der Waals surface area contributed by atoms with Crippen molar-refractivity contribution in [2.75, 3.05) is 5.32 Å². The summed E-state index contributed by atoms with van der Waals surface area (Å²) in [7, 11) is 0. The van der Waals surface area contributed by atoms with E-state index in [1.807, 2.05) is 38.1 Å². The molecule has 2 nitrogen and oxygen atoms in total. The standard InChI is InChI=1S/C17H18FNO/c1-11-7-8-16(14(9-11)10-13(3)20)19-17-12(2)5-4-6-15(17)18/h4-9,19H,10H2,1-3H3. The Hall–Kier alpha value is -2.16. The molecule has 0 saturated heterocycles. The summed E-state index contributed by atoms with van der Waals surface area (Å²) < 4.78 is 13.9. The minimum atomic E-state index is -0.292. The lowest BCUT2D eigenvalue weighted by molar-refractivity contribution is -0.116. The lowest BCUT2D eigenvalue weighted by Gasteiger charge is -2.14. The summed E-state index contributed by atoms with van der Waals surface area (Å²) >= 11 is 0. The molecule has 20 heavy (non-hydrogen) atoms. The maximum absolute atomic E-state index is 13.9. The van der Waals surface area contributed by atoms with Gasteiger partial charge < -0.3 is 5.32 Å². The number of halogens is 1. The van der Waals surface area contributed by atoms with Gasteiger partial charge in [0.25, 0.3) is 0 Å². The maximum atomic E-state index is 13.9. The van der Waals surface area contributed by atoms with E-state index >= 15 is 0 Å². The van der Waals surface area contributed by atoms with E-state index < -0.39 is 0 Å². The molecular weight excluding hydrogens is 253 g/mol. The molecule has 0 amide bonds. The lowest BCUT2D eigenvalue weighted by Crippen LogP contribution is -2.04. The highest BCUT2D eigenvalue weighted by Gasteiger charge is 2.10. The van der Waals surface area contributed by atoms with Gasteiger partial charge in [-0.05, 0) is 44.0 Å². The minimum absolute atomic E-state index is 0.0869. The first-order valence-electron chi connectivity index (χ1n) is 6.58. The summed E-state index contributed by atoms with van der Waals surface area (Å²) in [6.07, 6.45) is 0.345. The Bertz CT molecular complexity index is 629. The fourth-order valence-electron chi connectivity index (χ4n) is 2.18. The minimum Gasteiger partial charge on any atom is -0.353 e. The number of carbonyl (C=O) groups is 1. The zero-order chi connectivity index (χ0) is 14.7. The van der Waals surface area contributed by atoms with Gasteiger partial charge in [-0.15, -0.1) is 0 Å². The van der Waals surface area contributed by atoms with Gasteiger partial charge in [0.2, 0.25) is 0 Å². The van der Waals surface area contributed by atoms with E-state index in [0.717, 1.165) is 22.4 Å². The molecule has 2 rings (SSSR count). The first-order chi connectivity index (χ1) is 9.47. The monoisotopic (exact) mass is 271 g/mol. The second-order valence-corrected chi connectivity index (χ2v) is 5.10. The van der Waals surface area contributed by atoms with E-state index in [1.54, 1.807) is 13.0 Å². The van der Waals surface area contributed by atoms with Gasteiger partial charge in [-0.25, -0.2) is 4.39 Å². The third kappa shape index (κ3) is 3.23. The molecular formula is C17H18FNO. The average Bonchev–Trinajstić information content (AvgIpc) is 2.35. The number of carbonyl (C=O) groups excluding carboxylic acids is 1. The summed E-state index contributed by atoms with van der Waals surface area (Å²) in [6, 6.07) is 10.8. The Balaban J connectivity index is 2.40. The molecule has 3 heteroatoms. The summed E-state index contributed by atoms with van der Waals surface area (Å²) in [4.78, 5) is 11.4. The van der Waals surface area contributed by atoms with E-state index in [0.29, 0.717) is 12.1 Å². The van der Waals surface area contributed by atoms with Crippen LogP contribution < -0.4 is 5.32 Å². The van der Waals surface area contributed by atoms with Crippen molar-refractivity contribution in [3.05, 3.63) is 58.9 Å². The first kappa shape index (κ1) is 14.3. The lowest BCUT2D eigenvalue weighted by atomic mass is 10.0. The van der Waals surface area contributed by atoms with Crippen molar-refractivity contribution in [3.8, 4) is 0 Å². The molecule has 0 aromatic heterocycles. The van der Waals surface area contributed by atoms with Crippen LogP contribution in [-0.2, 0) is 11.2 Å². The van der Waals surface area contributed by atoms with Crippen LogP contribution in [0.2, 0.25) is 0 Å². The molecule has 0 bridgehead atoms. The van der Waals surface area contributed by atoms with Gasteiger partial charge in [-0.1, -0.05) is 29.8 Å². The fourth-order valence-corrected chi connectivity index (χ4v) is 2.18. The van der Waals surface area contributed by atoms with Crippen LogP contribution in [0.5, 0.6) is 0 Å². The normalized spacial score (nSPS) is 10.4. The molecule has 1 N–H and O–H groups in total. The maximum Gasteiger partial charge on any atom is 0.146 e. The van der Waals surface area contributed by atoms with Gasteiger partial charge in [0, 0.05) is 12.1 Å². The van der Waals surface area contributed by atoms with E-state index in [9.17, 15) is 9.18 Å². The first-order valence-corrected chi connectivity index (χ1v) is 6.58. The highest BCUT2D eigenvalue weighted by molar-refractivity contribution is 5.81. The van der Waals surface area contributed by atoms with Gasteiger partial charge in [0.1, 0.15) is 11.6 Å². The van der Waals surface area contributed by atoms with Crippen LogP contribution in [0.25, 0.3) is 0 Å². The van der Waals surface area contributed by atoms with Gasteiger partial charge >= 0.3 is 0 Å². The van der Waals surface area contributed by atoms with Crippen LogP contribution in [0.4, 0.5) is 15.8 Å². The van der Waals surface area contributed by atoms with E-state index in [-0.39, 0.29) is 11.6 Å². The molecule has 0 atom stereocenters. The van der Waals surface area contributed by atoms with Crippen LogP contribution in [0.15, 0.2) is 36.4 Å². The number of hydrogen-bond acceptors (Lipinski definition) is 2. The molecule has 104 valence electrons. The van der Waals surface area contributed by atoms with Gasteiger partial charge in [0.15, 0.2) is 0 Å². The Kier molecular flexibility index (Phi) is 4.18. The number of para-hydroxylation sites is 1. The largest absolute Gasteiger partial charge is 0.353 e. The van der Waals surface area contributed by atoms with Gasteiger partial charge in [-0.2, -0.15) is 0 Å². The van der Waals surface area contributed by atoms with Crippen molar-refractivity contribution >= 4 is 17.2 Å². The van der Waals surface area contributed by atoms with Crippen molar-refractivity contribution in [3.63, 3.8) is 0 Å². The molecule has 0 heterocycles. The molecule has 0 aliphatic rings. The van der Waals surface area contributed by atoms with Gasteiger partial charge in [0.05, 0.1) is 5.69 Å². The van der Waals surface area contributed by atoms with Crippen LogP contribution in [0, 0.1) is 19.7 Å². The summed E-state index contributed by atoms with van der Waals surface area (Å²) in [5, 5.41) is 3.11. The van der Waals surface area contributed by atoms with Crippen LogP contribution in [0.1, 0.15) is 23.6 Å². The second kappa shape index (κ2) is 5.87. The Morgan fingerprint density at radius 3 is 2.60 bits per heavy atom. The molecule has 0 spiro atoms. The summed E-state index contributed by atoms with van der Waals surface area (Å²) in [6.45, 7) is 5.38. The number of ketones is 1. The number of Topliss-reactive ketones (excluding diaryl/α,β-unsaturated/α-hetero) is 1. The predicted octanol–water partition coefficient (Wildman–Crippen LogP) is 4.32. The van der Waals surface area contributed by atoms with Crippen LogP contribution in [-0.4, -0.2) is 5.78 Å². The zero-order valence-corrected chi connectivity index (χ0v) is 12.0. The highest BCUT2D eigenvalue weighted by atomic mass is 19.1. The Morgan fingerprint density at radius 2 is 1.95 bits per heavy atom. The quantitative estimate of drug-likeness (QED) is 0.897.